The minimum absolute atomic E-state index is 0.152. The van der Waals surface area contributed by atoms with Crippen molar-refractivity contribution in [2.24, 2.45) is 5.92 Å². The van der Waals surface area contributed by atoms with Gasteiger partial charge in [0.2, 0.25) is 5.91 Å². The third kappa shape index (κ3) is 7.96. The van der Waals surface area contributed by atoms with E-state index >= 15 is 0 Å². The third-order valence-electron chi connectivity index (χ3n) is 5.02. The van der Waals surface area contributed by atoms with E-state index < -0.39 is 6.04 Å². The number of rotatable bonds is 11. The van der Waals surface area contributed by atoms with E-state index in [1.807, 2.05) is 28.8 Å². The zero-order chi connectivity index (χ0) is 26.2. The van der Waals surface area contributed by atoms with E-state index in [0.717, 1.165) is 9.26 Å². The van der Waals surface area contributed by atoms with Gasteiger partial charge in [0.05, 0.1) is 22.4 Å². The van der Waals surface area contributed by atoms with E-state index in [-0.39, 0.29) is 28.5 Å². The summed E-state index contributed by atoms with van der Waals surface area (Å²) in [5.74, 6) is 0.521. The van der Waals surface area contributed by atoms with Crippen LogP contribution in [0.25, 0.3) is 0 Å². The zero-order valence-electron chi connectivity index (χ0n) is 19.8. The second kappa shape index (κ2) is 13.5. The molecule has 2 amide bonds. The fourth-order valence-corrected chi connectivity index (χ4v) is 5.04. The molecular formula is C25H26Cl2IN5O2S. The van der Waals surface area contributed by atoms with Gasteiger partial charge in [-0.25, -0.2) is 0 Å². The predicted molar refractivity (Wildman–Crippen MR) is 155 cm³/mol. The minimum Gasteiger partial charge on any atom is -0.342 e. The molecule has 2 aromatic carbocycles. The first-order valence-electron chi connectivity index (χ1n) is 11.2. The van der Waals surface area contributed by atoms with Crippen molar-refractivity contribution in [1.29, 1.82) is 0 Å². The van der Waals surface area contributed by atoms with Crippen LogP contribution in [0.1, 0.15) is 42.5 Å². The fourth-order valence-electron chi connectivity index (χ4n) is 3.44. The number of carbonyl (C=O) groups is 2. The smallest absolute Gasteiger partial charge is 0.253 e. The van der Waals surface area contributed by atoms with Gasteiger partial charge < -0.3 is 15.2 Å². The number of aromatic nitrogens is 3. The second-order valence-corrected chi connectivity index (χ2v) is 11.4. The van der Waals surface area contributed by atoms with Crippen molar-refractivity contribution < 1.29 is 9.59 Å². The summed E-state index contributed by atoms with van der Waals surface area (Å²) in [5, 5.41) is 15.9. The first-order valence-corrected chi connectivity index (χ1v) is 14.0. The number of allylic oxidation sites excluding steroid dienone is 1. The number of thioether (sulfide) groups is 1. The molecule has 36 heavy (non-hydrogen) atoms. The Balaban J connectivity index is 1.78. The molecule has 3 aromatic rings. The summed E-state index contributed by atoms with van der Waals surface area (Å²) in [7, 11) is 0. The Bertz CT molecular complexity index is 1230. The van der Waals surface area contributed by atoms with Crippen molar-refractivity contribution >= 4 is 75.1 Å². The van der Waals surface area contributed by atoms with E-state index in [9.17, 15) is 9.59 Å². The summed E-state index contributed by atoms with van der Waals surface area (Å²) in [5.41, 5.74) is 1.06. The zero-order valence-corrected chi connectivity index (χ0v) is 24.3. The summed E-state index contributed by atoms with van der Waals surface area (Å²) < 4.78 is 2.96. The molecule has 0 aliphatic carbocycles. The third-order valence-corrected chi connectivity index (χ3v) is 7.25. The number of halogens is 3. The van der Waals surface area contributed by atoms with Crippen LogP contribution in [0.5, 0.6) is 0 Å². The van der Waals surface area contributed by atoms with Crippen LogP contribution in [0, 0.1) is 9.49 Å². The Hall–Kier alpha value is -2.08. The van der Waals surface area contributed by atoms with Gasteiger partial charge in [-0.2, -0.15) is 0 Å². The molecule has 2 N–H and O–H groups in total. The molecule has 0 aliphatic heterocycles. The van der Waals surface area contributed by atoms with E-state index in [0.29, 0.717) is 34.5 Å². The number of amides is 2. The summed E-state index contributed by atoms with van der Waals surface area (Å²) in [6, 6.07) is 11.9. The van der Waals surface area contributed by atoms with Gasteiger partial charge in [-0.3, -0.25) is 9.59 Å². The van der Waals surface area contributed by atoms with Gasteiger partial charge in [-0.15, -0.1) is 16.8 Å². The van der Waals surface area contributed by atoms with Crippen LogP contribution >= 0.6 is 57.6 Å². The Labute approximate surface area is 238 Å². The van der Waals surface area contributed by atoms with Gasteiger partial charge in [-0.05, 0) is 77.4 Å². The van der Waals surface area contributed by atoms with Gasteiger partial charge in [0.1, 0.15) is 0 Å². The lowest BCUT2D eigenvalue weighted by atomic mass is 10.0. The molecule has 1 aromatic heterocycles. The predicted octanol–water partition coefficient (Wildman–Crippen LogP) is 6.62. The monoisotopic (exact) mass is 657 g/mol. The number of anilines is 1. The van der Waals surface area contributed by atoms with Gasteiger partial charge >= 0.3 is 0 Å². The summed E-state index contributed by atoms with van der Waals surface area (Å²) in [6.45, 7) is 8.39. The normalized spacial score (nSPS) is 11.8. The van der Waals surface area contributed by atoms with Crippen LogP contribution in [-0.4, -0.2) is 32.3 Å². The average molecular weight is 658 g/mol. The average Bonchev–Trinajstić information content (AvgIpc) is 3.21. The number of hydrogen-bond acceptors (Lipinski definition) is 5. The molecule has 0 bridgehead atoms. The fraction of sp³-hybridized carbons (Fsp3) is 0.280. The maximum Gasteiger partial charge on any atom is 0.253 e. The van der Waals surface area contributed by atoms with Crippen molar-refractivity contribution in [2.75, 3.05) is 11.1 Å². The van der Waals surface area contributed by atoms with Gasteiger partial charge in [0.25, 0.3) is 5.91 Å². The maximum absolute atomic E-state index is 13.1. The molecule has 0 fully saturated rings. The van der Waals surface area contributed by atoms with Crippen LogP contribution in [0.15, 0.2) is 60.3 Å². The van der Waals surface area contributed by atoms with Crippen molar-refractivity contribution in [3.05, 3.63) is 80.1 Å². The van der Waals surface area contributed by atoms with Gasteiger partial charge in [0, 0.05) is 20.8 Å². The molecule has 1 atom stereocenters. The molecule has 1 heterocycles. The molecule has 3 rings (SSSR count). The van der Waals surface area contributed by atoms with Crippen molar-refractivity contribution in [1.82, 2.24) is 20.1 Å². The highest BCUT2D eigenvalue weighted by Crippen LogP contribution is 2.27. The number of benzene rings is 2. The quantitative estimate of drug-likeness (QED) is 0.137. The van der Waals surface area contributed by atoms with E-state index in [2.05, 4.69) is 63.8 Å². The van der Waals surface area contributed by atoms with Gasteiger partial charge in [0.15, 0.2) is 11.0 Å². The molecule has 0 aliphatic rings. The van der Waals surface area contributed by atoms with Gasteiger partial charge in [-0.1, -0.05) is 54.9 Å². The number of nitrogens with one attached hydrogen (secondary N) is 2. The van der Waals surface area contributed by atoms with E-state index in [4.69, 9.17) is 23.2 Å². The lowest BCUT2D eigenvalue weighted by molar-refractivity contribution is -0.113. The largest absolute Gasteiger partial charge is 0.342 e. The second-order valence-electron chi connectivity index (χ2n) is 8.36. The molecular weight excluding hydrogens is 632 g/mol. The Morgan fingerprint density at radius 2 is 1.89 bits per heavy atom. The van der Waals surface area contributed by atoms with Crippen LogP contribution in [0.2, 0.25) is 10.0 Å². The van der Waals surface area contributed by atoms with Crippen LogP contribution in [-0.2, 0) is 11.3 Å². The maximum atomic E-state index is 13.1. The Morgan fingerprint density at radius 3 is 2.53 bits per heavy atom. The SMILES string of the molecule is C=CCn1c(SCC(=O)Nc2ccc(I)cc2)nnc1[C@H](CC(C)C)NC(=O)c1ccc(Cl)cc1Cl. The topological polar surface area (TPSA) is 88.9 Å². The standard InChI is InChI=1S/C25H26Cl2IN5O2S/c1-4-11-33-23(21(12-15(2)3)30-24(35)19-10-5-16(26)13-20(19)27)31-32-25(33)36-14-22(34)29-18-8-6-17(28)7-9-18/h4-10,13,15,21H,1,11-12,14H2,2-3H3,(H,29,34)(H,30,35)/t21-/m0/s1. The first kappa shape index (κ1) is 28.5. The molecule has 0 saturated carbocycles. The summed E-state index contributed by atoms with van der Waals surface area (Å²) in [4.78, 5) is 25.5. The lowest BCUT2D eigenvalue weighted by Gasteiger charge is -2.21. The van der Waals surface area contributed by atoms with Crippen LogP contribution < -0.4 is 10.6 Å². The van der Waals surface area contributed by atoms with Crippen molar-refractivity contribution in [3.63, 3.8) is 0 Å². The Morgan fingerprint density at radius 1 is 1.17 bits per heavy atom. The molecule has 0 saturated heterocycles. The van der Waals surface area contributed by atoms with E-state index in [1.54, 1.807) is 18.2 Å². The highest BCUT2D eigenvalue weighted by Gasteiger charge is 2.25. The van der Waals surface area contributed by atoms with Crippen molar-refractivity contribution in [3.8, 4) is 0 Å². The number of nitrogens with zero attached hydrogens (tertiary/aromatic N) is 3. The molecule has 190 valence electrons. The summed E-state index contributed by atoms with van der Waals surface area (Å²) in [6.07, 6.45) is 2.36. The highest BCUT2D eigenvalue weighted by atomic mass is 127. The summed E-state index contributed by atoms with van der Waals surface area (Å²) >= 11 is 15.7. The number of hydrogen-bond donors (Lipinski definition) is 2. The van der Waals surface area contributed by atoms with Crippen molar-refractivity contribution in [2.45, 2.75) is 38.0 Å². The molecule has 11 heteroatoms. The molecule has 0 radical (unpaired) electrons. The highest BCUT2D eigenvalue weighted by molar-refractivity contribution is 14.1. The molecule has 7 nitrogen and oxygen atoms in total. The number of carbonyl (C=O) groups excluding carboxylic acids is 2. The Kier molecular flexibility index (Phi) is 10.7. The van der Waals surface area contributed by atoms with E-state index in [1.165, 1.54) is 17.8 Å². The van der Waals surface area contributed by atoms with Crippen LogP contribution in [0.4, 0.5) is 5.69 Å². The van der Waals surface area contributed by atoms with Crippen LogP contribution in [0.3, 0.4) is 0 Å². The lowest BCUT2D eigenvalue weighted by Crippen LogP contribution is -2.32. The molecule has 0 spiro atoms. The molecule has 0 unspecified atom stereocenters. The minimum atomic E-state index is -0.424. The first-order chi connectivity index (χ1) is 17.2.